The third kappa shape index (κ3) is 3.55. The molecule has 0 aromatic heterocycles. The molecule has 2 unspecified atom stereocenters. The van der Waals surface area contributed by atoms with Crippen molar-refractivity contribution in [3.8, 4) is 0 Å². The summed E-state index contributed by atoms with van der Waals surface area (Å²) in [5.74, 6) is -0.813. The predicted octanol–water partition coefficient (Wildman–Crippen LogP) is 1.89. The molecule has 0 aliphatic carbocycles. The second-order valence-electron chi connectivity index (χ2n) is 5.01. The van der Waals surface area contributed by atoms with Gasteiger partial charge in [-0.1, -0.05) is 37.3 Å². The molecule has 1 heterocycles. The van der Waals surface area contributed by atoms with Gasteiger partial charge in [0.05, 0.1) is 0 Å². The summed E-state index contributed by atoms with van der Waals surface area (Å²) in [4.78, 5) is 13.8. The van der Waals surface area contributed by atoms with Crippen LogP contribution in [0.2, 0.25) is 0 Å². The molecule has 0 amide bonds. The summed E-state index contributed by atoms with van der Waals surface area (Å²) in [6.45, 7) is 5.06. The summed E-state index contributed by atoms with van der Waals surface area (Å²) in [5, 5.41) is 12.5. The number of aliphatic carboxylic acids is 1. The lowest BCUT2D eigenvalue weighted by atomic mass is 10.1. The summed E-state index contributed by atoms with van der Waals surface area (Å²) in [6, 6.07) is 9.23. The molecule has 2 atom stereocenters. The Kier molecular flexibility index (Phi) is 4.93. The first-order chi connectivity index (χ1) is 9.22. The Hall–Kier alpha value is -1.39. The van der Waals surface area contributed by atoms with Crippen LogP contribution in [0.15, 0.2) is 30.3 Å². The summed E-state index contributed by atoms with van der Waals surface area (Å²) in [5.41, 5.74) is 0.816. The van der Waals surface area contributed by atoms with Gasteiger partial charge >= 0.3 is 5.97 Å². The van der Waals surface area contributed by atoms with Crippen LogP contribution in [0, 0.1) is 0 Å². The maximum atomic E-state index is 11.4. The van der Waals surface area contributed by atoms with Gasteiger partial charge in [0.2, 0.25) is 0 Å². The SMILES string of the molecule is CCN1CCCC1CNC(C(=O)O)c1ccccc1. The van der Waals surface area contributed by atoms with Gasteiger partial charge < -0.3 is 5.11 Å². The van der Waals surface area contributed by atoms with Crippen molar-refractivity contribution >= 4 is 5.97 Å². The average Bonchev–Trinajstić information content (AvgIpc) is 2.87. The van der Waals surface area contributed by atoms with E-state index < -0.39 is 12.0 Å². The number of likely N-dealkylation sites (N-methyl/N-ethyl adjacent to an activating group) is 1. The minimum atomic E-state index is -0.813. The van der Waals surface area contributed by atoms with Crippen molar-refractivity contribution in [3.05, 3.63) is 35.9 Å². The van der Waals surface area contributed by atoms with Gasteiger partial charge in [0.15, 0.2) is 0 Å². The zero-order chi connectivity index (χ0) is 13.7. The van der Waals surface area contributed by atoms with Crippen molar-refractivity contribution < 1.29 is 9.90 Å². The fraction of sp³-hybridized carbons (Fsp3) is 0.533. The fourth-order valence-corrected chi connectivity index (χ4v) is 2.79. The van der Waals surface area contributed by atoms with Gasteiger partial charge in [-0.2, -0.15) is 0 Å². The van der Waals surface area contributed by atoms with E-state index in [1.165, 1.54) is 6.42 Å². The average molecular weight is 262 g/mol. The van der Waals surface area contributed by atoms with Crippen LogP contribution in [-0.2, 0) is 4.79 Å². The normalized spacial score (nSPS) is 21.4. The van der Waals surface area contributed by atoms with E-state index in [2.05, 4.69) is 17.1 Å². The topological polar surface area (TPSA) is 52.6 Å². The highest BCUT2D eigenvalue weighted by atomic mass is 16.4. The van der Waals surface area contributed by atoms with Gasteiger partial charge in [0.1, 0.15) is 6.04 Å². The zero-order valence-electron chi connectivity index (χ0n) is 11.4. The first-order valence-corrected chi connectivity index (χ1v) is 6.97. The van der Waals surface area contributed by atoms with E-state index in [9.17, 15) is 9.90 Å². The molecule has 104 valence electrons. The third-order valence-corrected chi connectivity index (χ3v) is 3.84. The summed E-state index contributed by atoms with van der Waals surface area (Å²) < 4.78 is 0. The van der Waals surface area contributed by atoms with Crippen LogP contribution in [0.25, 0.3) is 0 Å². The number of nitrogens with one attached hydrogen (secondary N) is 1. The summed E-state index contributed by atoms with van der Waals surface area (Å²) in [7, 11) is 0. The number of hydrogen-bond acceptors (Lipinski definition) is 3. The lowest BCUT2D eigenvalue weighted by Gasteiger charge is -2.25. The molecule has 1 fully saturated rings. The van der Waals surface area contributed by atoms with Crippen molar-refractivity contribution in [2.45, 2.75) is 31.8 Å². The van der Waals surface area contributed by atoms with Crippen LogP contribution in [0.4, 0.5) is 0 Å². The van der Waals surface area contributed by atoms with E-state index in [1.807, 2.05) is 30.3 Å². The maximum Gasteiger partial charge on any atom is 0.325 e. The minimum Gasteiger partial charge on any atom is -0.480 e. The number of carboxylic acid groups (broad SMARTS) is 1. The van der Waals surface area contributed by atoms with Gasteiger partial charge in [-0.05, 0) is 31.5 Å². The third-order valence-electron chi connectivity index (χ3n) is 3.84. The maximum absolute atomic E-state index is 11.4. The van der Waals surface area contributed by atoms with Crippen LogP contribution < -0.4 is 5.32 Å². The number of rotatable bonds is 6. The first kappa shape index (κ1) is 14.0. The zero-order valence-corrected chi connectivity index (χ0v) is 11.4. The Labute approximate surface area is 114 Å². The van der Waals surface area contributed by atoms with Gasteiger partial charge in [0.25, 0.3) is 0 Å². The monoisotopic (exact) mass is 262 g/mol. The van der Waals surface area contributed by atoms with Crippen LogP contribution >= 0.6 is 0 Å². The molecular formula is C15H22N2O2. The van der Waals surface area contributed by atoms with Gasteiger partial charge in [0, 0.05) is 12.6 Å². The van der Waals surface area contributed by atoms with Crippen LogP contribution in [0.3, 0.4) is 0 Å². The highest BCUT2D eigenvalue weighted by molar-refractivity contribution is 5.75. The molecule has 1 aromatic rings. The van der Waals surface area contributed by atoms with Crippen molar-refractivity contribution in [2.75, 3.05) is 19.6 Å². The quantitative estimate of drug-likeness (QED) is 0.822. The Morgan fingerprint density at radius 3 is 2.84 bits per heavy atom. The molecule has 1 aliphatic rings. The number of carboxylic acids is 1. The Morgan fingerprint density at radius 2 is 2.21 bits per heavy atom. The second-order valence-corrected chi connectivity index (χ2v) is 5.01. The molecule has 1 aromatic carbocycles. The van der Waals surface area contributed by atoms with Crippen LogP contribution in [0.5, 0.6) is 0 Å². The molecule has 0 bridgehead atoms. The van der Waals surface area contributed by atoms with E-state index in [-0.39, 0.29) is 0 Å². The smallest absolute Gasteiger partial charge is 0.325 e. The summed E-state index contributed by atoms with van der Waals surface area (Å²) in [6.07, 6.45) is 2.37. The molecule has 2 rings (SSSR count). The highest BCUT2D eigenvalue weighted by Crippen LogP contribution is 2.18. The summed E-state index contributed by atoms with van der Waals surface area (Å²) >= 11 is 0. The molecule has 4 heteroatoms. The Bertz CT molecular complexity index is 408. The number of carbonyl (C=O) groups is 1. The van der Waals surface area contributed by atoms with Crippen molar-refractivity contribution in [1.82, 2.24) is 10.2 Å². The molecular weight excluding hydrogens is 240 g/mol. The molecule has 4 nitrogen and oxygen atoms in total. The molecule has 0 saturated carbocycles. The minimum absolute atomic E-state index is 0.468. The lowest BCUT2D eigenvalue weighted by molar-refractivity contribution is -0.139. The molecule has 0 spiro atoms. The van der Waals surface area contributed by atoms with E-state index in [0.29, 0.717) is 6.04 Å². The molecule has 0 radical (unpaired) electrons. The van der Waals surface area contributed by atoms with Gasteiger partial charge in [-0.15, -0.1) is 0 Å². The highest BCUT2D eigenvalue weighted by Gasteiger charge is 2.25. The first-order valence-electron chi connectivity index (χ1n) is 6.97. The standard InChI is InChI=1S/C15H22N2O2/c1-2-17-10-6-9-13(17)11-16-14(15(18)19)12-7-4-3-5-8-12/h3-5,7-8,13-14,16H,2,6,9-11H2,1H3,(H,18,19). The fourth-order valence-electron chi connectivity index (χ4n) is 2.79. The van der Waals surface area contributed by atoms with Crippen LogP contribution in [-0.4, -0.2) is 41.7 Å². The second kappa shape index (κ2) is 6.68. The molecule has 19 heavy (non-hydrogen) atoms. The van der Waals surface area contributed by atoms with Crippen molar-refractivity contribution in [3.63, 3.8) is 0 Å². The largest absolute Gasteiger partial charge is 0.480 e. The molecule has 1 aliphatic heterocycles. The lowest BCUT2D eigenvalue weighted by Crippen LogP contribution is -2.40. The van der Waals surface area contributed by atoms with E-state index in [4.69, 9.17) is 0 Å². The molecule has 2 N–H and O–H groups in total. The van der Waals surface area contributed by atoms with Crippen molar-refractivity contribution in [1.29, 1.82) is 0 Å². The number of benzene rings is 1. The van der Waals surface area contributed by atoms with Crippen molar-refractivity contribution in [2.24, 2.45) is 0 Å². The number of hydrogen-bond donors (Lipinski definition) is 2. The predicted molar refractivity (Wildman–Crippen MR) is 75.1 cm³/mol. The van der Waals surface area contributed by atoms with E-state index in [0.717, 1.165) is 31.6 Å². The van der Waals surface area contributed by atoms with E-state index in [1.54, 1.807) is 0 Å². The Morgan fingerprint density at radius 1 is 1.47 bits per heavy atom. The van der Waals surface area contributed by atoms with Gasteiger partial charge in [-0.25, -0.2) is 0 Å². The van der Waals surface area contributed by atoms with E-state index >= 15 is 0 Å². The van der Waals surface area contributed by atoms with Crippen LogP contribution in [0.1, 0.15) is 31.4 Å². The number of likely N-dealkylation sites (tertiary alicyclic amines) is 1. The Balaban J connectivity index is 1.96. The van der Waals surface area contributed by atoms with Gasteiger partial charge in [-0.3, -0.25) is 15.0 Å². The number of nitrogens with zero attached hydrogens (tertiary/aromatic N) is 1. The molecule has 1 saturated heterocycles.